The van der Waals surface area contributed by atoms with E-state index in [1.165, 1.54) is 10.8 Å². The zero-order chi connectivity index (χ0) is 18.2. The molecule has 0 aliphatic heterocycles. The zero-order valence-corrected chi connectivity index (χ0v) is 15.9. The zero-order valence-electron chi connectivity index (χ0n) is 14.3. The summed E-state index contributed by atoms with van der Waals surface area (Å²) in [5.74, 6) is 0.677. The Morgan fingerprint density at radius 3 is 2.33 bits per heavy atom. The number of nitrogens with zero attached hydrogens (tertiary/aromatic N) is 3. The number of benzene rings is 3. The van der Waals surface area contributed by atoms with Crippen molar-refractivity contribution in [3.8, 4) is 22.6 Å². The van der Waals surface area contributed by atoms with Crippen LogP contribution in [0.3, 0.4) is 0 Å². The molecule has 5 aromatic rings. The van der Waals surface area contributed by atoms with Crippen molar-refractivity contribution in [2.45, 2.75) is 0 Å². The van der Waals surface area contributed by atoms with E-state index in [1.54, 1.807) is 6.20 Å². The van der Waals surface area contributed by atoms with E-state index in [2.05, 4.69) is 63.4 Å². The summed E-state index contributed by atoms with van der Waals surface area (Å²) in [5, 5.41) is 3.32. The molecule has 0 spiro atoms. The molecule has 0 N–H and O–H groups in total. The Morgan fingerprint density at radius 2 is 1.44 bits per heavy atom. The molecule has 0 saturated carbocycles. The maximum atomic E-state index is 4.95. The summed E-state index contributed by atoms with van der Waals surface area (Å²) in [7, 11) is 0. The second-order valence-electron chi connectivity index (χ2n) is 6.30. The fourth-order valence-corrected chi connectivity index (χ4v) is 3.59. The van der Waals surface area contributed by atoms with Gasteiger partial charge in [-0.1, -0.05) is 70.5 Å². The van der Waals surface area contributed by atoms with E-state index in [9.17, 15) is 0 Å². The van der Waals surface area contributed by atoms with E-state index in [4.69, 9.17) is 9.97 Å². The van der Waals surface area contributed by atoms with E-state index >= 15 is 0 Å². The van der Waals surface area contributed by atoms with E-state index in [0.29, 0.717) is 11.5 Å². The minimum absolute atomic E-state index is 0.677. The molecule has 0 unspecified atom stereocenters. The van der Waals surface area contributed by atoms with Gasteiger partial charge >= 0.3 is 0 Å². The summed E-state index contributed by atoms with van der Waals surface area (Å²) in [6, 6.07) is 26.7. The van der Waals surface area contributed by atoms with E-state index in [1.807, 2.05) is 36.4 Å². The van der Waals surface area contributed by atoms with Gasteiger partial charge in [0, 0.05) is 27.2 Å². The Bertz CT molecular complexity index is 1270. The van der Waals surface area contributed by atoms with Gasteiger partial charge < -0.3 is 0 Å². The molecule has 0 amide bonds. The molecular weight excluding hydrogens is 398 g/mol. The Balaban J connectivity index is 1.84. The lowest BCUT2D eigenvalue weighted by Crippen LogP contribution is -1.97. The van der Waals surface area contributed by atoms with Crippen molar-refractivity contribution < 1.29 is 0 Å². The average Bonchev–Trinajstić information content (AvgIpc) is 2.73. The molecule has 0 radical (unpaired) electrons. The number of fused-ring (bicyclic) bond motifs is 2. The highest BCUT2D eigenvalue weighted by atomic mass is 79.9. The molecule has 0 atom stereocenters. The first-order valence-electron chi connectivity index (χ1n) is 8.66. The third-order valence-electron chi connectivity index (χ3n) is 4.62. The quantitative estimate of drug-likeness (QED) is 0.343. The van der Waals surface area contributed by atoms with Crippen LogP contribution in [0.4, 0.5) is 0 Å². The predicted molar refractivity (Wildman–Crippen MR) is 113 cm³/mol. The summed E-state index contributed by atoms with van der Waals surface area (Å²) in [4.78, 5) is 14.1. The van der Waals surface area contributed by atoms with Crippen LogP contribution in [0.15, 0.2) is 89.5 Å². The van der Waals surface area contributed by atoms with Gasteiger partial charge in [0.25, 0.3) is 0 Å². The molecule has 2 heterocycles. The van der Waals surface area contributed by atoms with Crippen molar-refractivity contribution in [3.05, 3.63) is 89.5 Å². The molecule has 2 aromatic heterocycles. The lowest BCUT2D eigenvalue weighted by atomic mass is 10.00. The molecule has 0 bridgehead atoms. The summed E-state index contributed by atoms with van der Waals surface area (Å²) >= 11 is 3.48. The van der Waals surface area contributed by atoms with Gasteiger partial charge in [-0.05, 0) is 35.0 Å². The van der Waals surface area contributed by atoms with Crippen LogP contribution in [0.2, 0.25) is 0 Å². The maximum Gasteiger partial charge on any atom is 0.163 e. The predicted octanol–water partition coefficient (Wildman–Crippen LogP) is 6.27. The van der Waals surface area contributed by atoms with Crippen LogP contribution in [-0.4, -0.2) is 15.0 Å². The molecule has 27 heavy (non-hydrogen) atoms. The van der Waals surface area contributed by atoms with Crippen LogP contribution in [0, 0.1) is 0 Å². The van der Waals surface area contributed by atoms with E-state index in [-0.39, 0.29) is 0 Å². The lowest BCUT2D eigenvalue weighted by molar-refractivity contribution is 1.19. The largest absolute Gasteiger partial charge is 0.236 e. The van der Waals surface area contributed by atoms with Crippen LogP contribution in [-0.2, 0) is 0 Å². The van der Waals surface area contributed by atoms with Crippen LogP contribution in [0.1, 0.15) is 0 Å². The van der Waals surface area contributed by atoms with Crippen molar-refractivity contribution in [2.24, 2.45) is 0 Å². The van der Waals surface area contributed by atoms with E-state index in [0.717, 1.165) is 26.7 Å². The van der Waals surface area contributed by atoms with Crippen LogP contribution < -0.4 is 0 Å². The Morgan fingerprint density at radius 1 is 0.667 bits per heavy atom. The number of aromatic nitrogens is 3. The van der Waals surface area contributed by atoms with Gasteiger partial charge in [-0.25, -0.2) is 15.0 Å². The minimum atomic E-state index is 0.677. The number of hydrogen-bond acceptors (Lipinski definition) is 3. The number of halogens is 1. The van der Waals surface area contributed by atoms with Gasteiger partial charge in [0.05, 0.1) is 5.69 Å². The first kappa shape index (κ1) is 16.1. The van der Waals surface area contributed by atoms with Crippen molar-refractivity contribution in [1.29, 1.82) is 0 Å². The van der Waals surface area contributed by atoms with Gasteiger partial charge in [0.2, 0.25) is 0 Å². The summed E-state index contributed by atoms with van der Waals surface area (Å²) in [5.41, 5.74) is 3.66. The number of rotatable bonds is 2. The van der Waals surface area contributed by atoms with Gasteiger partial charge in [-0.15, -0.1) is 0 Å². The third-order valence-corrected chi connectivity index (χ3v) is 5.15. The van der Waals surface area contributed by atoms with Crippen molar-refractivity contribution >= 4 is 37.7 Å². The molecule has 3 aromatic carbocycles. The Kier molecular flexibility index (Phi) is 3.91. The lowest BCUT2D eigenvalue weighted by Gasteiger charge is -2.11. The Hall–Kier alpha value is -3.11. The standard InChI is InChI=1S/C23H14BrN3/c24-17-12-10-16(11-13-17)22-26-21(20-9-4-14-25-23(20)27-22)19-8-3-6-15-5-1-2-7-18(15)19/h1-14H. The fourth-order valence-electron chi connectivity index (χ4n) is 3.33. The molecule has 5 rings (SSSR count). The summed E-state index contributed by atoms with van der Waals surface area (Å²) < 4.78 is 1.03. The Labute approximate surface area is 164 Å². The monoisotopic (exact) mass is 411 g/mol. The minimum Gasteiger partial charge on any atom is -0.236 e. The van der Waals surface area contributed by atoms with Gasteiger partial charge in [0.15, 0.2) is 11.5 Å². The molecule has 0 aliphatic rings. The molecule has 3 nitrogen and oxygen atoms in total. The first-order valence-corrected chi connectivity index (χ1v) is 9.46. The second-order valence-corrected chi connectivity index (χ2v) is 7.22. The van der Waals surface area contributed by atoms with Gasteiger partial charge in [-0.3, -0.25) is 0 Å². The van der Waals surface area contributed by atoms with Gasteiger partial charge in [0.1, 0.15) is 0 Å². The smallest absolute Gasteiger partial charge is 0.163 e. The average molecular weight is 412 g/mol. The highest BCUT2D eigenvalue weighted by Crippen LogP contribution is 2.33. The topological polar surface area (TPSA) is 38.7 Å². The number of hydrogen-bond donors (Lipinski definition) is 0. The molecule has 128 valence electrons. The first-order chi connectivity index (χ1) is 13.3. The highest BCUT2D eigenvalue weighted by Gasteiger charge is 2.14. The third kappa shape index (κ3) is 2.88. The maximum absolute atomic E-state index is 4.95. The van der Waals surface area contributed by atoms with Gasteiger partial charge in [-0.2, -0.15) is 0 Å². The van der Waals surface area contributed by atoms with Crippen LogP contribution in [0.25, 0.3) is 44.5 Å². The molecular formula is C23H14BrN3. The molecule has 0 saturated heterocycles. The summed E-state index contributed by atoms with van der Waals surface area (Å²) in [6.45, 7) is 0. The van der Waals surface area contributed by atoms with Crippen molar-refractivity contribution in [3.63, 3.8) is 0 Å². The highest BCUT2D eigenvalue weighted by molar-refractivity contribution is 9.10. The SMILES string of the molecule is Brc1ccc(-c2nc(-c3cccc4ccccc34)c3cccnc3n2)cc1. The van der Waals surface area contributed by atoms with E-state index < -0.39 is 0 Å². The van der Waals surface area contributed by atoms with Crippen LogP contribution >= 0.6 is 15.9 Å². The fraction of sp³-hybridized carbons (Fsp3) is 0. The molecule has 4 heteroatoms. The van der Waals surface area contributed by atoms with Crippen LogP contribution in [0.5, 0.6) is 0 Å². The normalized spacial score (nSPS) is 11.1. The van der Waals surface area contributed by atoms with Crippen molar-refractivity contribution in [1.82, 2.24) is 15.0 Å². The second kappa shape index (κ2) is 6.56. The molecule has 0 fully saturated rings. The van der Waals surface area contributed by atoms with Crippen molar-refractivity contribution in [2.75, 3.05) is 0 Å². The number of pyridine rings is 1. The molecule has 0 aliphatic carbocycles. The summed E-state index contributed by atoms with van der Waals surface area (Å²) in [6.07, 6.45) is 1.77.